The molecule has 0 atom stereocenters. The van der Waals surface area contributed by atoms with Crippen LogP contribution in [-0.4, -0.2) is 32.5 Å². The van der Waals surface area contributed by atoms with Crippen LogP contribution in [0.25, 0.3) is 11.2 Å². The van der Waals surface area contributed by atoms with Gasteiger partial charge in [0.25, 0.3) is 0 Å². The van der Waals surface area contributed by atoms with Crippen molar-refractivity contribution in [1.29, 1.82) is 0 Å². The molecule has 0 bridgehead atoms. The number of hydrogen-bond donors (Lipinski definition) is 2. The van der Waals surface area contributed by atoms with Crippen molar-refractivity contribution in [2.75, 3.05) is 12.8 Å². The summed E-state index contributed by atoms with van der Waals surface area (Å²) in [6.45, 7) is 4.30. The van der Waals surface area contributed by atoms with E-state index >= 15 is 0 Å². The van der Waals surface area contributed by atoms with Crippen LogP contribution in [0.1, 0.15) is 35.9 Å². The van der Waals surface area contributed by atoms with E-state index in [-0.39, 0.29) is 24.4 Å². The topological polar surface area (TPSA) is 122 Å². The van der Waals surface area contributed by atoms with Crippen LogP contribution in [0.3, 0.4) is 0 Å². The zero-order valence-corrected chi connectivity index (χ0v) is 16.1. The third kappa shape index (κ3) is 3.73. The molecule has 0 saturated heterocycles. The molecule has 148 valence electrons. The molecule has 0 unspecified atom stereocenters. The molecule has 0 spiro atoms. The van der Waals surface area contributed by atoms with Crippen molar-refractivity contribution in [2.24, 2.45) is 5.73 Å². The molecule has 0 radical (unpaired) electrons. The molecule has 0 saturated carbocycles. The fourth-order valence-corrected chi connectivity index (χ4v) is 3.25. The summed E-state index contributed by atoms with van der Waals surface area (Å²) in [5.74, 6) is 0.878. The van der Waals surface area contributed by atoms with Crippen molar-refractivity contribution in [3.63, 3.8) is 0 Å². The number of nitrogen functional groups attached to an aromatic ring is 1. The van der Waals surface area contributed by atoms with Gasteiger partial charge in [-0.15, -0.1) is 0 Å². The highest BCUT2D eigenvalue weighted by atomic mass is 19.1. The largest absolute Gasteiger partial charge is 0.496 e. The van der Waals surface area contributed by atoms with Gasteiger partial charge in [0.2, 0.25) is 5.91 Å². The minimum absolute atomic E-state index is 0.0443. The summed E-state index contributed by atoms with van der Waals surface area (Å²) in [6, 6.07) is 4.06. The molecule has 3 rings (SSSR count). The number of imidazole rings is 1. The Morgan fingerprint density at radius 2 is 2.00 bits per heavy atom. The number of fused-ring (bicyclic) bond motifs is 1. The van der Waals surface area contributed by atoms with Crippen LogP contribution in [0.4, 0.5) is 10.2 Å². The molecule has 4 N–H and O–H groups in total. The molecular formula is C19H23FN6O2. The number of carbonyl (C=O) groups is 1. The van der Waals surface area contributed by atoms with E-state index in [1.165, 1.54) is 0 Å². The summed E-state index contributed by atoms with van der Waals surface area (Å²) >= 11 is 0. The van der Waals surface area contributed by atoms with Gasteiger partial charge >= 0.3 is 6.08 Å². The maximum absolute atomic E-state index is 13.7. The first-order chi connectivity index (χ1) is 13.3. The number of primary amides is 1. The van der Waals surface area contributed by atoms with E-state index in [4.69, 9.17) is 16.2 Å². The quantitative estimate of drug-likeness (QED) is 0.598. The molecule has 1 aromatic carbocycles. The van der Waals surface area contributed by atoms with Crippen LogP contribution in [0.5, 0.6) is 5.75 Å². The van der Waals surface area contributed by atoms with Crippen molar-refractivity contribution in [1.82, 2.24) is 19.5 Å². The SMILES string of the molecule is CCc1cc(C)c(Cc2nc3c(N)nc(F)nc3n2CCC(N)=O)cc1OC. The lowest BCUT2D eigenvalue weighted by molar-refractivity contribution is -0.118. The summed E-state index contributed by atoms with van der Waals surface area (Å²) in [6.07, 6.45) is 0.415. The van der Waals surface area contributed by atoms with E-state index in [2.05, 4.69) is 27.9 Å². The number of methoxy groups -OCH3 is 1. The average Bonchev–Trinajstić information content (AvgIpc) is 2.98. The maximum atomic E-state index is 13.7. The van der Waals surface area contributed by atoms with Gasteiger partial charge in [-0.2, -0.15) is 14.4 Å². The molecule has 2 heterocycles. The molecule has 0 aliphatic rings. The first-order valence-corrected chi connectivity index (χ1v) is 8.96. The Bertz CT molecular complexity index is 1050. The van der Waals surface area contributed by atoms with Gasteiger partial charge in [-0.05, 0) is 36.1 Å². The zero-order valence-electron chi connectivity index (χ0n) is 16.1. The summed E-state index contributed by atoms with van der Waals surface area (Å²) in [5.41, 5.74) is 14.9. The van der Waals surface area contributed by atoms with E-state index in [1.54, 1.807) is 11.7 Å². The van der Waals surface area contributed by atoms with Gasteiger partial charge < -0.3 is 20.8 Å². The predicted molar refractivity (Wildman–Crippen MR) is 103 cm³/mol. The minimum Gasteiger partial charge on any atom is -0.496 e. The van der Waals surface area contributed by atoms with Gasteiger partial charge in [0, 0.05) is 19.4 Å². The number of halogens is 1. The highest BCUT2D eigenvalue weighted by Crippen LogP contribution is 2.27. The predicted octanol–water partition coefficient (Wildman–Crippen LogP) is 1.89. The number of aryl methyl sites for hydroxylation is 3. The average molecular weight is 386 g/mol. The zero-order chi connectivity index (χ0) is 20.4. The Morgan fingerprint density at radius 3 is 2.64 bits per heavy atom. The summed E-state index contributed by atoms with van der Waals surface area (Å²) in [4.78, 5) is 23.2. The number of benzene rings is 1. The van der Waals surface area contributed by atoms with E-state index in [0.29, 0.717) is 17.8 Å². The Kier molecular flexibility index (Phi) is 5.43. The Morgan fingerprint density at radius 1 is 1.25 bits per heavy atom. The molecule has 8 nitrogen and oxygen atoms in total. The van der Waals surface area contributed by atoms with Gasteiger partial charge in [-0.3, -0.25) is 4.79 Å². The second-order valence-corrected chi connectivity index (χ2v) is 6.57. The lowest BCUT2D eigenvalue weighted by atomic mass is 10.00. The molecule has 28 heavy (non-hydrogen) atoms. The molecule has 0 fully saturated rings. The van der Waals surface area contributed by atoms with Crippen LogP contribution in [0, 0.1) is 13.0 Å². The number of anilines is 1. The molecule has 0 aliphatic carbocycles. The van der Waals surface area contributed by atoms with Crippen molar-refractivity contribution < 1.29 is 13.9 Å². The fraction of sp³-hybridized carbons (Fsp3) is 0.368. The van der Waals surface area contributed by atoms with Crippen LogP contribution in [0.2, 0.25) is 0 Å². The highest BCUT2D eigenvalue weighted by molar-refractivity contribution is 5.82. The van der Waals surface area contributed by atoms with Gasteiger partial charge in [-0.1, -0.05) is 13.0 Å². The standard InChI is InChI=1S/C19H23FN6O2/c1-4-11-7-10(2)12(8-13(11)28-3)9-15-23-16-17(22)24-19(20)25-18(16)26(15)6-5-14(21)27/h7-8H,4-6,9H2,1-3H3,(H2,21,27)(H2,22,24,25). The van der Waals surface area contributed by atoms with Gasteiger partial charge in [0.05, 0.1) is 7.11 Å². The second kappa shape index (κ2) is 7.79. The molecule has 3 aromatic rings. The van der Waals surface area contributed by atoms with Gasteiger partial charge in [0.15, 0.2) is 17.0 Å². The molecule has 2 aromatic heterocycles. The van der Waals surface area contributed by atoms with Gasteiger partial charge in [-0.25, -0.2) is 4.98 Å². The first-order valence-electron chi connectivity index (χ1n) is 8.96. The third-order valence-electron chi connectivity index (χ3n) is 4.72. The number of nitrogens with two attached hydrogens (primary N) is 2. The normalized spacial score (nSPS) is 11.1. The molecular weight excluding hydrogens is 363 g/mol. The molecule has 1 amide bonds. The van der Waals surface area contributed by atoms with Crippen molar-refractivity contribution in [3.05, 3.63) is 40.7 Å². The number of nitrogens with zero attached hydrogens (tertiary/aromatic N) is 4. The smallest absolute Gasteiger partial charge is 0.312 e. The fourth-order valence-electron chi connectivity index (χ4n) is 3.25. The second-order valence-electron chi connectivity index (χ2n) is 6.57. The molecule has 0 aliphatic heterocycles. The van der Waals surface area contributed by atoms with E-state index in [9.17, 15) is 9.18 Å². The van der Waals surface area contributed by atoms with Crippen LogP contribution in [0.15, 0.2) is 12.1 Å². The Balaban J connectivity index is 2.11. The number of hydrogen-bond acceptors (Lipinski definition) is 6. The lowest BCUT2D eigenvalue weighted by Crippen LogP contribution is -2.16. The number of aromatic nitrogens is 4. The lowest BCUT2D eigenvalue weighted by Gasteiger charge is -2.13. The third-order valence-corrected chi connectivity index (χ3v) is 4.72. The number of carbonyl (C=O) groups excluding carboxylic acids is 1. The van der Waals surface area contributed by atoms with Crippen molar-refractivity contribution in [3.8, 4) is 5.75 Å². The summed E-state index contributed by atoms with van der Waals surface area (Å²) in [5, 5.41) is 0. The summed E-state index contributed by atoms with van der Waals surface area (Å²) in [7, 11) is 1.63. The monoisotopic (exact) mass is 386 g/mol. The Labute approximate surface area is 161 Å². The van der Waals surface area contributed by atoms with Crippen molar-refractivity contribution in [2.45, 2.75) is 39.7 Å². The van der Waals surface area contributed by atoms with Gasteiger partial charge in [0.1, 0.15) is 11.6 Å². The minimum atomic E-state index is -0.943. The van der Waals surface area contributed by atoms with E-state index in [1.807, 2.05) is 13.0 Å². The number of rotatable bonds is 7. The number of ether oxygens (including phenoxy) is 1. The van der Waals surface area contributed by atoms with Crippen molar-refractivity contribution >= 4 is 22.9 Å². The van der Waals surface area contributed by atoms with Crippen LogP contribution < -0.4 is 16.2 Å². The van der Waals surface area contributed by atoms with E-state index in [0.717, 1.165) is 28.9 Å². The van der Waals surface area contributed by atoms with E-state index < -0.39 is 12.0 Å². The maximum Gasteiger partial charge on any atom is 0.312 e. The number of amides is 1. The first kappa shape index (κ1) is 19.5. The highest BCUT2D eigenvalue weighted by Gasteiger charge is 2.19. The van der Waals surface area contributed by atoms with Crippen LogP contribution in [-0.2, 0) is 24.2 Å². The Hall–Kier alpha value is -3.23. The molecule has 9 heteroatoms. The van der Waals surface area contributed by atoms with Crippen LogP contribution >= 0.6 is 0 Å². The summed E-state index contributed by atoms with van der Waals surface area (Å²) < 4.78 is 20.9.